The molecule has 6 aromatic carbocycles. The van der Waals surface area contributed by atoms with Gasteiger partial charge in [-0.05, 0) is 52.7 Å². The Hall–Kier alpha value is -6.09. The number of halogens is 1. The number of thiophene rings is 1. The van der Waals surface area contributed by atoms with Crippen molar-refractivity contribution in [1.82, 2.24) is 19.5 Å². The number of rotatable bonds is 5. The van der Waals surface area contributed by atoms with Gasteiger partial charge in [0.1, 0.15) is 5.52 Å². The summed E-state index contributed by atoms with van der Waals surface area (Å²) in [5.74, 6) is 0.215. The zero-order valence-corrected chi connectivity index (χ0v) is 36.5. The molecule has 0 unspecified atom stereocenters. The number of hydrogen-bond acceptors (Lipinski definition) is 5. The van der Waals surface area contributed by atoms with E-state index < -0.39 is 13.9 Å². The van der Waals surface area contributed by atoms with Crippen LogP contribution >= 0.6 is 11.3 Å². The van der Waals surface area contributed by atoms with Crippen LogP contribution in [0.2, 0.25) is 19.6 Å². The molecular formula is C50H35FIrN4OSSi-2. The van der Waals surface area contributed by atoms with Crippen molar-refractivity contribution in [2.45, 2.75) is 19.6 Å². The summed E-state index contributed by atoms with van der Waals surface area (Å²) < 4.78 is 26.4. The van der Waals surface area contributed by atoms with Crippen LogP contribution in [0.4, 0.5) is 4.39 Å². The van der Waals surface area contributed by atoms with E-state index in [0.29, 0.717) is 33.6 Å². The van der Waals surface area contributed by atoms with Crippen LogP contribution in [0, 0.1) is 17.9 Å². The number of furan rings is 1. The summed E-state index contributed by atoms with van der Waals surface area (Å²) in [5, 5.41) is 4.54. The molecule has 0 saturated heterocycles. The van der Waals surface area contributed by atoms with Crippen molar-refractivity contribution in [1.29, 1.82) is 0 Å². The summed E-state index contributed by atoms with van der Waals surface area (Å²) in [6, 6.07) is 56.6. The van der Waals surface area contributed by atoms with E-state index in [1.54, 1.807) is 11.3 Å². The molecule has 0 N–H and O–H groups in total. The van der Waals surface area contributed by atoms with Gasteiger partial charge in [-0.15, -0.1) is 65.4 Å². The average Bonchev–Trinajstić information content (AvgIpc) is 3.96. The summed E-state index contributed by atoms with van der Waals surface area (Å²) >= 11 is 1.79. The second-order valence-electron chi connectivity index (χ2n) is 15.2. The van der Waals surface area contributed by atoms with E-state index in [-0.39, 0.29) is 25.7 Å². The number of aromatic nitrogens is 4. The van der Waals surface area contributed by atoms with E-state index in [1.807, 2.05) is 91.1 Å². The monoisotopic (exact) mass is 979 g/mol. The van der Waals surface area contributed by atoms with Gasteiger partial charge in [-0.3, -0.25) is 4.98 Å². The van der Waals surface area contributed by atoms with Gasteiger partial charge in [0.05, 0.1) is 36.2 Å². The van der Waals surface area contributed by atoms with Gasteiger partial charge in [-0.2, -0.15) is 0 Å². The zero-order valence-electron chi connectivity index (χ0n) is 32.3. The predicted octanol–water partition coefficient (Wildman–Crippen LogP) is 13.1. The molecule has 0 aliphatic carbocycles. The molecule has 11 aromatic rings. The Kier molecular flexibility index (Phi) is 10.1. The molecule has 9 heteroatoms. The van der Waals surface area contributed by atoms with Gasteiger partial charge in [0.25, 0.3) is 0 Å². The molecular weight excluding hydrogens is 944 g/mol. The second kappa shape index (κ2) is 15.6. The van der Waals surface area contributed by atoms with Crippen molar-refractivity contribution >= 4 is 77.9 Å². The van der Waals surface area contributed by atoms with Gasteiger partial charge in [0.15, 0.2) is 11.4 Å². The Morgan fingerprint density at radius 3 is 2.24 bits per heavy atom. The molecule has 59 heavy (non-hydrogen) atoms. The number of pyridine rings is 2. The number of para-hydroxylation sites is 2. The van der Waals surface area contributed by atoms with E-state index >= 15 is 4.39 Å². The van der Waals surface area contributed by atoms with Crippen LogP contribution in [-0.2, 0) is 20.1 Å². The molecule has 0 atom stereocenters. The molecule has 0 aliphatic heterocycles. The average molecular weight is 979 g/mol. The molecule has 0 bridgehead atoms. The van der Waals surface area contributed by atoms with Gasteiger partial charge < -0.3 is 14.0 Å². The molecule has 0 spiro atoms. The van der Waals surface area contributed by atoms with Gasteiger partial charge in [0, 0.05) is 63.8 Å². The molecule has 5 aromatic heterocycles. The van der Waals surface area contributed by atoms with E-state index in [9.17, 15) is 0 Å². The van der Waals surface area contributed by atoms with E-state index in [0.717, 1.165) is 33.5 Å². The minimum Gasteiger partial charge on any atom is -0.496 e. The van der Waals surface area contributed by atoms with E-state index in [2.05, 4.69) is 102 Å². The molecule has 0 aliphatic rings. The van der Waals surface area contributed by atoms with Gasteiger partial charge in [-0.25, -0.2) is 9.37 Å². The molecule has 11 rings (SSSR count). The van der Waals surface area contributed by atoms with Crippen LogP contribution in [0.1, 0.15) is 0 Å². The number of fused-ring (bicyclic) bond motifs is 7. The standard InChI is InChI=1S/C36H19FN3OS.C14H16NSi.Ir/c37-27-20-29(21-9-2-1-3-10-21)38-33-24-12-8-13-25(34(24)41-35(27)33)36-39-28-14-5-6-15-30(28)40(36)22-17-18-32-26(19-22)23-11-4-7-16-31(23)42-32;1-16(2,3)13-9-10-14(15-11-13)12-7-5-4-6-8-12;/h1-12,14-20H;4-7,9-11H,1-3H3;/q2*-1;. The van der Waals surface area contributed by atoms with Crippen molar-refractivity contribution in [2.75, 3.05) is 0 Å². The number of benzene rings is 6. The van der Waals surface area contributed by atoms with Gasteiger partial charge in [-0.1, -0.05) is 98.0 Å². The molecule has 0 amide bonds. The molecule has 0 saturated carbocycles. The van der Waals surface area contributed by atoms with Crippen molar-refractivity contribution in [3.8, 4) is 39.6 Å². The first-order valence-corrected chi connectivity index (χ1v) is 23.4. The van der Waals surface area contributed by atoms with E-state index in [1.165, 1.54) is 31.4 Å². The van der Waals surface area contributed by atoms with Crippen LogP contribution < -0.4 is 5.19 Å². The Balaban J connectivity index is 0.000000224. The Labute approximate surface area is 359 Å². The molecule has 5 nitrogen and oxygen atoms in total. The van der Waals surface area contributed by atoms with E-state index in [4.69, 9.17) is 14.4 Å². The SMILES string of the molecule is C[Si](C)(C)c1ccc(-c2[c-]cccc2)nc1.Fc1cc(-c2ccccc2)nc2c1oc1c(-c3nc4ccccc4n3-c3ccc4sc5ccccc5c4c3)[c-]ccc12.[Ir]. The van der Waals surface area contributed by atoms with Crippen LogP contribution in [0.3, 0.4) is 0 Å². The number of hydrogen-bond donors (Lipinski definition) is 0. The normalized spacial score (nSPS) is 11.6. The first-order valence-electron chi connectivity index (χ1n) is 19.1. The molecule has 289 valence electrons. The Morgan fingerprint density at radius 2 is 1.44 bits per heavy atom. The maximum Gasteiger partial charge on any atom is 0.175 e. The largest absolute Gasteiger partial charge is 0.496 e. The van der Waals surface area contributed by atoms with Gasteiger partial charge in [0.2, 0.25) is 0 Å². The molecule has 5 heterocycles. The maximum atomic E-state index is 15.5. The van der Waals surface area contributed by atoms with Crippen molar-refractivity contribution in [3.63, 3.8) is 0 Å². The first-order chi connectivity index (χ1) is 28.3. The van der Waals surface area contributed by atoms with Crippen LogP contribution in [-0.4, -0.2) is 27.6 Å². The summed E-state index contributed by atoms with van der Waals surface area (Å²) in [6.07, 6.45) is 2.02. The fraction of sp³-hybridized carbons (Fsp3) is 0.0600. The Bertz CT molecular complexity index is 3280. The minimum atomic E-state index is -1.23. The summed E-state index contributed by atoms with van der Waals surface area (Å²) in [7, 11) is -1.23. The predicted molar refractivity (Wildman–Crippen MR) is 240 cm³/mol. The van der Waals surface area contributed by atoms with Crippen LogP contribution in [0.5, 0.6) is 0 Å². The molecule has 0 fully saturated rings. The van der Waals surface area contributed by atoms with Crippen molar-refractivity contribution < 1.29 is 28.9 Å². The fourth-order valence-electron chi connectivity index (χ4n) is 7.44. The fourth-order valence-corrected chi connectivity index (χ4v) is 9.56. The zero-order chi connectivity index (χ0) is 39.4. The number of imidazole rings is 1. The van der Waals surface area contributed by atoms with Crippen LogP contribution in [0.15, 0.2) is 162 Å². The second-order valence-corrected chi connectivity index (χ2v) is 21.4. The molecule has 1 radical (unpaired) electrons. The van der Waals surface area contributed by atoms with Crippen molar-refractivity contribution in [3.05, 3.63) is 176 Å². The minimum absolute atomic E-state index is 0. The quantitative estimate of drug-likeness (QED) is 0.127. The van der Waals surface area contributed by atoms with Crippen molar-refractivity contribution in [2.24, 2.45) is 0 Å². The summed E-state index contributed by atoms with van der Waals surface area (Å²) in [6.45, 7) is 7.00. The third-order valence-electron chi connectivity index (χ3n) is 10.4. The summed E-state index contributed by atoms with van der Waals surface area (Å²) in [4.78, 5) is 14.4. The first kappa shape index (κ1) is 38.4. The smallest absolute Gasteiger partial charge is 0.175 e. The topological polar surface area (TPSA) is 56.7 Å². The number of nitrogens with zero attached hydrogens (tertiary/aromatic N) is 4. The van der Waals surface area contributed by atoms with Gasteiger partial charge >= 0.3 is 0 Å². The third kappa shape index (κ3) is 7.10. The Morgan fingerprint density at radius 1 is 0.661 bits per heavy atom. The third-order valence-corrected chi connectivity index (χ3v) is 13.6. The maximum absolute atomic E-state index is 15.5. The summed E-state index contributed by atoms with van der Waals surface area (Å²) in [5.41, 5.74) is 8.00. The van der Waals surface area contributed by atoms with Crippen LogP contribution in [0.25, 0.3) is 92.9 Å².